The molecule has 7 aromatic carbocycles. The van der Waals surface area contributed by atoms with E-state index in [1.807, 2.05) is 0 Å². The molecule has 0 spiro atoms. The van der Waals surface area contributed by atoms with Gasteiger partial charge in [-0.3, -0.25) is 4.57 Å². The Bertz CT molecular complexity index is 2750. The van der Waals surface area contributed by atoms with Crippen molar-refractivity contribution in [1.82, 2.24) is 14.1 Å². The molecule has 0 amide bonds. The van der Waals surface area contributed by atoms with E-state index in [9.17, 15) is 0 Å². The van der Waals surface area contributed by atoms with Gasteiger partial charge in [-0.15, -0.1) is 0 Å². The van der Waals surface area contributed by atoms with Gasteiger partial charge in [-0.2, -0.15) is 0 Å². The number of rotatable bonds is 4. The third-order valence-corrected chi connectivity index (χ3v) is 9.67. The maximum atomic E-state index is 5.47. The Morgan fingerprint density at radius 2 is 0.812 bits per heavy atom. The number of aromatic nitrogens is 3. The van der Waals surface area contributed by atoms with Gasteiger partial charge >= 0.3 is 0 Å². The average Bonchev–Trinajstić information content (AvgIpc) is 3.70. The summed E-state index contributed by atoms with van der Waals surface area (Å²) in [6.45, 7) is 0. The number of nitrogens with zero attached hydrogens (tertiary/aromatic N) is 3. The molecule has 0 N–H and O–H groups in total. The van der Waals surface area contributed by atoms with E-state index in [-0.39, 0.29) is 0 Å². The molecule has 0 radical (unpaired) electrons. The molecule has 3 aromatic heterocycles. The lowest BCUT2D eigenvalue weighted by molar-refractivity contribution is 1.08. The van der Waals surface area contributed by atoms with Gasteiger partial charge in [0.2, 0.25) is 0 Å². The lowest BCUT2D eigenvalue weighted by atomic mass is 9.98. The van der Waals surface area contributed by atoms with Crippen LogP contribution >= 0.6 is 0 Å². The molecular formula is C45H29N3. The topological polar surface area (TPSA) is 22.8 Å². The quantitative estimate of drug-likeness (QED) is 0.194. The Hall–Kier alpha value is -6.45. The van der Waals surface area contributed by atoms with Crippen molar-refractivity contribution < 1.29 is 0 Å². The molecule has 0 unspecified atom stereocenters. The van der Waals surface area contributed by atoms with Crippen molar-refractivity contribution in [3.8, 4) is 33.9 Å². The first-order valence-electron chi connectivity index (χ1n) is 16.4. The van der Waals surface area contributed by atoms with Crippen LogP contribution in [0.15, 0.2) is 176 Å². The lowest BCUT2D eigenvalue weighted by Crippen LogP contribution is -2.02. The van der Waals surface area contributed by atoms with Crippen LogP contribution in [0, 0.1) is 0 Å². The molecule has 0 fully saturated rings. The van der Waals surface area contributed by atoms with E-state index < -0.39 is 0 Å². The van der Waals surface area contributed by atoms with Crippen LogP contribution in [0.25, 0.3) is 88.3 Å². The zero-order chi connectivity index (χ0) is 31.6. The van der Waals surface area contributed by atoms with Crippen molar-refractivity contribution in [2.75, 3.05) is 0 Å². The van der Waals surface area contributed by atoms with Crippen molar-refractivity contribution >= 4 is 54.4 Å². The Balaban J connectivity index is 1.47. The van der Waals surface area contributed by atoms with E-state index >= 15 is 0 Å². The molecule has 10 aromatic rings. The van der Waals surface area contributed by atoms with Crippen LogP contribution in [0.2, 0.25) is 0 Å². The van der Waals surface area contributed by atoms with Gasteiger partial charge in [0.1, 0.15) is 5.82 Å². The van der Waals surface area contributed by atoms with Crippen LogP contribution in [0.3, 0.4) is 0 Å². The number of pyridine rings is 1. The Morgan fingerprint density at radius 3 is 1.42 bits per heavy atom. The number of hydrogen-bond acceptors (Lipinski definition) is 1. The van der Waals surface area contributed by atoms with Crippen molar-refractivity contribution in [2.24, 2.45) is 0 Å². The fourth-order valence-electron chi connectivity index (χ4n) is 7.66. The molecule has 0 atom stereocenters. The van der Waals surface area contributed by atoms with Gasteiger partial charge < -0.3 is 4.57 Å². The highest BCUT2D eigenvalue weighted by atomic mass is 15.1. The predicted molar refractivity (Wildman–Crippen MR) is 201 cm³/mol. The van der Waals surface area contributed by atoms with Crippen molar-refractivity contribution in [1.29, 1.82) is 0 Å². The summed E-state index contributed by atoms with van der Waals surface area (Å²) in [6.07, 6.45) is 0. The van der Waals surface area contributed by atoms with Crippen LogP contribution in [0.1, 0.15) is 0 Å². The summed E-state index contributed by atoms with van der Waals surface area (Å²) in [5.41, 5.74) is 10.1. The van der Waals surface area contributed by atoms with E-state index in [4.69, 9.17) is 4.98 Å². The summed E-state index contributed by atoms with van der Waals surface area (Å²) in [7, 11) is 0. The first-order valence-corrected chi connectivity index (χ1v) is 16.4. The summed E-state index contributed by atoms with van der Waals surface area (Å²) in [5, 5.41) is 7.44. The van der Waals surface area contributed by atoms with Crippen LogP contribution in [-0.2, 0) is 0 Å². The van der Waals surface area contributed by atoms with E-state index in [1.54, 1.807) is 0 Å². The van der Waals surface area contributed by atoms with Crippen molar-refractivity contribution in [2.45, 2.75) is 0 Å². The van der Waals surface area contributed by atoms with Gasteiger partial charge in [-0.1, -0.05) is 140 Å². The van der Waals surface area contributed by atoms with Crippen LogP contribution in [0.5, 0.6) is 0 Å². The second-order valence-corrected chi connectivity index (χ2v) is 12.4. The first-order chi connectivity index (χ1) is 23.8. The largest absolute Gasteiger partial charge is 0.307 e. The molecule has 3 nitrogen and oxygen atoms in total. The smallest absolute Gasteiger partial charge is 0.138 e. The minimum absolute atomic E-state index is 0.892. The SMILES string of the molecule is c1ccc(-c2cc(-c3ccccc3)nc(-n3c4ccccc4c4c5ccccc5c5c6ccccc6n(-c6ccccc6)c5c43)c2)cc1. The van der Waals surface area contributed by atoms with Gasteiger partial charge in [0.25, 0.3) is 0 Å². The number of hydrogen-bond donors (Lipinski definition) is 0. The maximum absolute atomic E-state index is 5.47. The molecule has 0 aliphatic carbocycles. The summed E-state index contributed by atoms with van der Waals surface area (Å²) < 4.78 is 4.87. The summed E-state index contributed by atoms with van der Waals surface area (Å²) in [5.74, 6) is 0.892. The number of benzene rings is 7. The van der Waals surface area contributed by atoms with Crippen LogP contribution < -0.4 is 0 Å². The van der Waals surface area contributed by atoms with E-state index in [2.05, 4.69) is 185 Å². The molecule has 48 heavy (non-hydrogen) atoms. The zero-order valence-electron chi connectivity index (χ0n) is 26.1. The van der Waals surface area contributed by atoms with Gasteiger partial charge in [0, 0.05) is 32.8 Å². The highest BCUT2D eigenvalue weighted by Gasteiger charge is 2.25. The van der Waals surface area contributed by atoms with Crippen molar-refractivity contribution in [3.05, 3.63) is 176 Å². The highest BCUT2D eigenvalue weighted by Crippen LogP contribution is 2.46. The summed E-state index contributed by atoms with van der Waals surface area (Å²) in [6, 6.07) is 62.9. The van der Waals surface area contributed by atoms with E-state index in [0.717, 1.165) is 44.9 Å². The van der Waals surface area contributed by atoms with Gasteiger partial charge in [-0.25, -0.2) is 4.98 Å². The second kappa shape index (κ2) is 10.5. The zero-order valence-corrected chi connectivity index (χ0v) is 26.1. The van der Waals surface area contributed by atoms with Crippen LogP contribution in [-0.4, -0.2) is 14.1 Å². The number of fused-ring (bicyclic) bond motifs is 10. The van der Waals surface area contributed by atoms with E-state index in [1.165, 1.54) is 43.4 Å². The molecule has 0 bridgehead atoms. The Kier molecular flexibility index (Phi) is 5.87. The summed E-state index contributed by atoms with van der Waals surface area (Å²) in [4.78, 5) is 5.47. The highest BCUT2D eigenvalue weighted by molar-refractivity contribution is 6.36. The standard InChI is InChI=1S/C45H29N3/c1-4-16-30(17-5-1)32-28-38(31-18-6-2-7-19-31)46-41(29-32)48-40-27-15-13-25-37(40)43-35-23-11-10-22-34(35)42-36-24-12-14-26-39(36)47(44(42)45(43)48)33-20-8-3-9-21-33/h1-29H. The first kappa shape index (κ1) is 26.7. The van der Waals surface area contributed by atoms with Crippen LogP contribution in [0.4, 0.5) is 0 Å². The van der Waals surface area contributed by atoms with E-state index in [0.29, 0.717) is 0 Å². The molecule has 0 aliphatic rings. The molecular weight excluding hydrogens is 583 g/mol. The van der Waals surface area contributed by atoms with Gasteiger partial charge in [0.15, 0.2) is 0 Å². The number of para-hydroxylation sites is 3. The second-order valence-electron chi connectivity index (χ2n) is 12.4. The molecule has 0 saturated carbocycles. The monoisotopic (exact) mass is 611 g/mol. The normalized spacial score (nSPS) is 11.8. The molecule has 3 heterocycles. The molecule has 3 heteroatoms. The Morgan fingerprint density at radius 1 is 0.354 bits per heavy atom. The van der Waals surface area contributed by atoms with Gasteiger partial charge in [0.05, 0.1) is 27.8 Å². The molecule has 10 rings (SSSR count). The van der Waals surface area contributed by atoms with Crippen molar-refractivity contribution in [3.63, 3.8) is 0 Å². The molecule has 224 valence electrons. The molecule has 0 saturated heterocycles. The van der Waals surface area contributed by atoms with Gasteiger partial charge in [-0.05, 0) is 58.3 Å². The molecule has 0 aliphatic heterocycles. The summed E-state index contributed by atoms with van der Waals surface area (Å²) >= 11 is 0. The lowest BCUT2D eigenvalue weighted by Gasteiger charge is -2.15. The fraction of sp³-hybridized carbons (Fsp3) is 0. The minimum atomic E-state index is 0.892. The average molecular weight is 612 g/mol. The minimum Gasteiger partial charge on any atom is -0.307 e. The predicted octanol–water partition coefficient (Wildman–Crippen LogP) is 11.8. The third-order valence-electron chi connectivity index (χ3n) is 9.67. The Labute approximate surface area is 277 Å². The fourth-order valence-corrected chi connectivity index (χ4v) is 7.66. The maximum Gasteiger partial charge on any atom is 0.138 e. The third kappa shape index (κ3) is 3.91.